The number of hydrogen-bond donors (Lipinski definition) is 1. The van der Waals surface area contributed by atoms with Crippen LogP contribution in [0, 0.1) is 0 Å². The third kappa shape index (κ3) is 4.92. The van der Waals surface area contributed by atoms with Gasteiger partial charge in [0.2, 0.25) is 5.91 Å². The van der Waals surface area contributed by atoms with E-state index < -0.39 is 18.3 Å². The number of aliphatic imine (C=N–C) groups is 1. The van der Waals surface area contributed by atoms with Gasteiger partial charge in [-0.1, -0.05) is 35.9 Å². The van der Waals surface area contributed by atoms with Gasteiger partial charge in [-0.25, -0.2) is 9.98 Å². The minimum Gasteiger partial charge on any atom is -0.378 e. The fourth-order valence-corrected chi connectivity index (χ4v) is 5.76. The van der Waals surface area contributed by atoms with E-state index in [4.69, 9.17) is 27.1 Å². The molecule has 0 bridgehead atoms. The zero-order valence-corrected chi connectivity index (χ0v) is 21.2. The maximum absolute atomic E-state index is 13.3. The average molecular weight is 534 g/mol. The highest BCUT2D eigenvalue weighted by Crippen LogP contribution is 2.42. The summed E-state index contributed by atoms with van der Waals surface area (Å²) in [5.41, 5.74) is 8.00. The van der Waals surface area contributed by atoms with Crippen molar-refractivity contribution in [1.29, 1.82) is 0 Å². The Bertz CT molecular complexity index is 1390. The number of fused-ring (bicyclic) bond motifs is 1. The van der Waals surface area contributed by atoms with Crippen LogP contribution in [-0.4, -0.2) is 51.2 Å². The van der Waals surface area contributed by atoms with E-state index in [0.29, 0.717) is 52.2 Å². The summed E-state index contributed by atoms with van der Waals surface area (Å²) in [6.45, 7) is 3.20. The molecule has 11 heteroatoms. The molecular formula is C26H27ClF3N5O2. The molecule has 3 heterocycles. The van der Waals surface area contributed by atoms with Crippen molar-refractivity contribution in [2.45, 2.75) is 63.5 Å². The molecule has 1 fully saturated rings. The number of imidazole rings is 1. The Hall–Kier alpha value is -3.11. The Morgan fingerprint density at radius 1 is 1.27 bits per heavy atom. The second-order valence-corrected chi connectivity index (χ2v) is 10.3. The van der Waals surface area contributed by atoms with Gasteiger partial charge in [-0.2, -0.15) is 13.2 Å². The van der Waals surface area contributed by atoms with Gasteiger partial charge in [0.25, 0.3) is 0 Å². The minimum absolute atomic E-state index is 0.0311. The van der Waals surface area contributed by atoms with E-state index in [2.05, 4.69) is 4.98 Å². The van der Waals surface area contributed by atoms with Crippen molar-refractivity contribution >= 4 is 34.5 Å². The Morgan fingerprint density at radius 2 is 2.05 bits per heavy atom. The van der Waals surface area contributed by atoms with Gasteiger partial charge in [-0.15, -0.1) is 0 Å². The number of alkyl halides is 3. The molecule has 1 aromatic heterocycles. The van der Waals surface area contributed by atoms with Crippen LogP contribution in [0.1, 0.15) is 38.7 Å². The first-order valence-corrected chi connectivity index (χ1v) is 12.4. The molecule has 2 N–H and O–H groups in total. The molecule has 0 unspecified atom stereocenters. The Kier molecular flexibility index (Phi) is 6.44. The number of nitrogens with zero attached hydrogens (tertiary/aromatic N) is 4. The van der Waals surface area contributed by atoms with Crippen molar-refractivity contribution in [1.82, 2.24) is 14.5 Å². The number of halogens is 4. The van der Waals surface area contributed by atoms with Crippen LogP contribution in [0.4, 0.5) is 13.2 Å². The van der Waals surface area contributed by atoms with Crippen LogP contribution in [0.2, 0.25) is 5.02 Å². The molecule has 0 radical (unpaired) electrons. The summed E-state index contributed by atoms with van der Waals surface area (Å²) < 4.78 is 45.8. The lowest BCUT2D eigenvalue weighted by molar-refractivity contribution is -0.140. The van der Waals surface area contributed by atoms with Gasteiger partial charge in [0.15, 0.2) is 5.96 Å². The number of carbonyl (C=O) groups is 1. The Balaban J connectivity index is 1.51. The molecule has 3 atom stereocenters. The number of rotatable bonds is 4. The van der Waals surface area contributed by atoms with E-state index in [9.17, 15) is 18.0 Å². The number of ether oxygens (including phenoxy) is 1. The molecule has 3 aromatic rings. The summed E-state index contributed by atoms with van der Waals surface area (Å²) in [7, 11) is 0. The highest BCUT2D eigenvalue weighted by atomic mass is 35.5. The summed E-state index contributed by atoms with van der Waals surface area (Å²) in [5, 5.41) is 0.365. The molecule has 2 aliphatic rings. The standard InChI is InChI=1S/C26H27ClF3N5O2/c1-15-10-17(8-9-37-15)35-22(36)12-25(2,33-24(35)31)19-5-3-4-18(23(19)27)16-6-7-20-21(11-16)34(14-32-20)13-26(28,29)30/h3-7,11,14-15,17H,8-10,12-13H2,1-2H3,(H2,31,33)/t15-,17-,25-/m0/s1. The van der Waals surface area contributed by atoms with Gasteiger partial charge in [-0.3, -0.25) is 9.69 Å². The fourth-order valence-electron chi connectivity index (χ4n) is 5.32. The minimum atomic E-state index is -4.38. The molecule has 2 aromatic carbocycles. The number of nitrogens with two attached hydrogens (primary N) is 1. The van der Waals surface area contributed by atoms with Gasteiger partial charge in [0.1, 0.15) is 6.54 Å². The maximum atomic E-state index is 13.3. The number of amides is 1. The van der Waals surface area contributed by atoms with Crippen molar-refractivity contribution in [3.8, 4) is 11.1 Å². The van der Waals surface area contributed by atoms with Gasteiger partial charge in [-0.05, 0) is 49.9 Å². The number of aromatic nitrogens is 2. The summed E-state index contributed by atoms with van der Waals surface area (Å²) in [4.78, 5) is 23.7. The average Bonchev–Trinajstić information content (AvgIpc) is 3.19. The van der Waals surface area contributed by atoms with Crippen molar-refractivity contribution < 1.29 is 22.7 Å². The topological polar surface area (TPSA) is 85.7 Å². The maximum Gasteiger partial charge on any atom is 0.406 e. The van der Waals surface area contributed by atoms with E-state index in [-0.39, 0.29) is 30.4 Å². The van der Waals surface area contributed by atoms with Crippen LogP contribution in [0.3, 0.4) is 0 Å². The van der Waals surface area contributed by atoms with Crippen molar-refractivity contribution in [2.24, 2.45) is 10.7 Å². The summed E-state index contributed by atoms with van der Waals surface area (Å²) in [6, 6.07) is 10.4. The lowest BCUT2D eigenvalue weighted by atomic mass is 9.85. The molecular weight excluding hydrogens is 507 g/mol. The van der Waals surface area contributed by atoms with Crippen molar-refractivity contribution in [3.05, 3.63) is 53.3 Å². The molecule has 7 nitrogen and oxygen atoms in total. The Morgan fingerprint density at radius 3 is 2.76 bits per heavy atom. The van der Waals surface area contributed by atoms with Crippen LogP contribution in [0.5, 0.6) is 0 Å². The molecule has 196 valence electrons. The number of benzene rings is 2. The smallest absolute Gasteiger partial charge is 0.378 e. The van der Waals surface area contributed by atoms with Crippen LogP contribution in [0.25, 0.3) is 22.2 Å². The predicted molar refractivity (Wildman–Crippen MR) is 135 cm³/mol. The monoisotopic (exact) mass is 533 g/mol. The van der Waals surface area contributed by atoms with Crippen LogP contribution in [0.15, 0.2) is 47.7 Å². The van der Waals surface area contributed by atoms with E-state index in [1.807, 2.05) is 13.8 Å². The first-order valence-electron chi connectivity index (χ1n) is 12.1. The molecule has 0 saturated carbocycles. The van der Waals surface area contributed by atoms with Gasteiger partial charge in [0, 0.05) is 18.2 Å². The summed E-state index contributed by atoms with van der Waals surface area (Å²) in [6.07, 6.45) is -1.72. The predicted octanol–water partition coefficient (Wildman–Crippen LogP) is 5.25. The van der Waals surface area contributed by atoms with Crippen molar-refractivity contribution in [2.75, 3.05) is 6.61 Å². The molecule has 0 aliphatic carbocycles. The molecule has 1 saturated heterocycles. The molecule has 0 spiro atoms. The van der Waals surface area contributed by atoms with Gasteiger partial charge < -0.3 is 15.0 Å². The van der Waals surface area contributed by atoms with Crippen LogP contribution < -0.4 is 5.73 Å². The zero-order valence-electron chi connectivity index (χ0n) is 20.4. The van der Waals surface area contributed by atoms with E-state index in [1.54, 1.807) is 41.3 Å². The third-order valence-electron chi connectivity index (χ3n) is 7.06. The Labute approximate surface area is 217 Å². The fraction of sp³-hybridized carbons (Fsp3) is 0.423. The highest BCUT2D eigenvalue weighted by molar-refractivity contribution is 6.34. The van der Waals surface area contributed by atoms with Crippen LogP contribution in [-0.2, 0) is 21.6 Å². The highest BCUT2D eigenvalue weighted by Gasteiger charge is 2.42. The SMILES string of the molecule is C[C@H]1C[C@@H](N2C(=O)C[C@@](C)(c3cccc(-c4ccc5ncn(CC(F)(F)F)c5c4)c3Cl)N=C2N)CCO1. The van der Waals surface area contributed by atoms with E-state index in [1.165, 1.54) is 6.33 Å². The van der Waals surface area contributed by atoms with Crippen molar-refractivity contribution in [3.63, 3.8) is 0 Å². The largest absolute Gasteiger partial charge is 0.406 e. The third-order valence-corrected chi connectivity index (χ3v) is 7.46. The van der Waals surface area contributed by atoms with Gasteiger partial charge in [0.05, 0.1) is 40.4 Å². The summed E-state index contributed by atoms with van der Waals surface area (Å²) in [5.74, 6) is 0.0184. The normalized spacial score (nSPS) is 25.0. The number of carbonyl (C=O) groups excluding carboxylic acids is 1. The zero-order chi connectivity index (χ0) is 26.5. The van der Waals surface area contributed by atoms with Crippen LogP contribution >= 0.6 is 11.6 Å². The first-order chi connectivity index (χ1) is 17.4. The molecule has 2 aliphatic heterocycles. The second-order valence-electron chi connectivity index (χ2n) is 9.90. The molecule has 37 heavy (non-hydrogen) atoms. The second kappa shape index (κ2) is 9.33. The summed E-state index contributed by atoms with van der Waals surface area (Å²) >= 11 is 6.88. The lowest BCUT2D eigenvalue weighted by Crippen LogP contribution is -2.56. The van der Waals surface area contributed by atoms with E-state index >= 15 is 0 Å². The number of hydrogen-bond acceptors (Lipinski definition) is 5. The van der Waals surface area contributed by atoms with Gasteiger partial charge >= 0.3 is 6.18 Å². The lowest BCUT2D eigenvalue weighted by Gasteiger charge is -2.41. The number of guanidine groups is 1. The van der Waals surface area contributed by atoms with E-state index in [0.717, 1.165) is 4.57 Å². The molecule has 1 amide bonds. The molecule has 5 rings (SSSR count). The first kappa shape index (κ1) is 25.5. The quantitative estimate of drug-likeness (QED) is 0.496.